The largest absolute Gasteiger partial charge is 0.0616 e. The Hall–Kier alpha value is -1.30. The Labute approximate surface area is 91.9 Å². The van der Waals surface area contributed by atoms with Crippen LogP contribution >= 0.6 is 0 Å². The first-order valence-corrected chi connectivity index (χ1v) is 5.74. The zero-order valence-corrected chi connectivity index (χ0v) is 9.75. The lowest BCUT2D eigenvalue weighted by Gasteiger charge is -2.12. The summed E-state index contributed by atoms with van der Waals surface area (Å²) in [7, 11) is 0. The van der Waals surface area contributed by atoms with Crippen LogP contribution in [0.5, 0.6) is 0 Å². The van der Waals surface area contributed by atoms with E-state index in [2.05, 4.69) is 57.2 Å². The van der Waals surface area contributed by atoms with Gasteiger partial charge in [0.15, 0.2) is 0 Å². The first kappa shape index (κ1) is 10.2. The van der Waals surface area contributed by atoms with Gasteiger partial charge in [-0.1, -0.05) is 57.2 Å². The lowest BCUT2D eigenvalue weighted by molar-refractivity contribution is 0.875. The van der Waals surface area contributed by atoms with Gasteiger partial charge in [0.05, 0.1) is 0 Å². The number of aryl methyl sites for hydroxylation is 1. The topological polar surface area (TPSA) is 0 Å². The fraction of sp³-hybridized carbons (Fsp3) is 0.333. The highest BCUT2D eigenvalue weighted by Gasteiger charge is 2.06. The van der Waals surface area contributed by atoms with Gasteiger partial charge in [-0.3, -0.25) is 0 Å². The number of benzene rings is 2. The molecule has 0 heterocycles. The molecule has 0 heteroatoms. The highest BCUT2D eigenvalue weighted by Crippen LogP contribution is 2.28. The summed E-state index contributed by atoms with van der Waals surface area (Å²) in [5.41, 5.74) is 2.91. The predicted molar refractivity (Wildman–Crippen MR) is 67.4 cm³/mol. The molecule has 0 nitrogen and oxygen atoms in total. The Balaban J connectivity index is 2.77. The summed E-state index contributed by atoms with van der Waals surface area (Å²) in [5, 5.41) is 2.85. The lowest BCUT2D eigenvalue weighted by Crippen LogP contribution is -1.92. The van der Waals surface area contributed by atoms with E-state index >= 15 is 0 Å². The minimum atomic E-state index is 0.598. The smallest absolute Gasteiger partial charge is 0.0147 e. The zero-order valence-electron chi connectivity index (χ0n) is 9.75. The van der Waals surface area contributed by atoms with Crippen LogP contribution in [-0.4, -0.2) is 0 Å². The van der Waals surface area contributed by atoms with Gasteiger partial charge in [0.1, 0.15) is 0 Å². The Morgan fingerprint density at radius 3 is 2.20 bits per heavy atom. The monoisotopic (exact) mass is 198 g/mol. The third-order valence-electron chi connectivity index (χ3n) is 3.05. The molecule has 0 saturated carbocycles. The van der Waals surface area contributed by atoms with Gasteiger partial charge in [0.25, 0.3) is 0 Å². The third-order valence-corrected chi connectivity index (χ3v) is 3.05. The molecule has 0 aromatic heterocycles. The van der Waals surface area contributed by atoms with Crippen LogP contribution in [-0.2, 0) is 6.42 Å². The molecule has 0 N–H and O–H groups in total. The van der Waals surface area contributed by atoms with Crippen LogP contribution in [0.4, 0.5) is 0 Å². The first-order chi connectivity index (χ1) is 7.24. The molecule has 2 aromatic carbocycles. The Morgan fingerprint density at radius 1 is 0.933 bits per heavy atom. The van der Waals surface area contributed by atoms with Crippen molar-refractivity contribution >= 4 is 10.8 Å². The average molecular weight is 198 g/mol. The molecule has 0 atom stereocenters. The summed E-state index contributed by atoms with van der Waals surface area (Å²) in [6, 6.07) is 13.3. The van der Waals surface area contributed by atoms with Gasteiger partial charge >= 0.3 is 0 Å². The highest BCUT2D eigenvalue weighted by molar-refractivity contribution is 5.89. The SMILES string of the molecule is CCc1ccc(C(C)C)c2ccccc12. The number of fused-ring (bicyclic) bond motifs is 1. The van der Waals surface area contributed by atoms with Gasteiger partial charge in [0, 0.05) is 0 Å². The van der Waals surface area contributed by atoms with Gasteiger partial charge in [-0.05, 0) is 34.2 Å². The fourth-order valence-corrected chi connectivity index (χ4v) is 2.20. The van der Waals surface area contributed by atoms with Crippen molar-refractivity contribution in [1.82, 2.24) is 0 Å². The van der Waals surface area contributed by atoms with E-state index in [-0.39, 0.29) is 0 Å². The normalized spacial score (nSPS) is 11.2. The van der Waals surface area contributed by atoms with Crippen molar-refractivity contribution in [3.05, 3.63) is 47.5 Å². The Kier molecular flexibility index (Phi) is 2.77. The van der Waals surface area contributed by atoms with Gasteiger partial charge in [-0.25, -0.2) is 0 Å². The Morgan fingerprint density at radius 2 is 1.60 bits per heavy atom. The molecular weight excluding hydrogens is 180 g/mol. The summed E-state index contributed by atoms with van der Waals surface area (Å²) in [5.74, 6) is 0.598. The molecule has 2 aromatic rings. The minimum Gasteiger partial charge on any atom is -0.0616 e. The van der Waals surface area contributed by atoms with Crippen molar-refractivity contribution in [2.75, 3.05) is 0 Å². The summed E-state index contributed by atoms with van der Waals surface area (Å²) in [6.07, 6.45) is 1.11. The molecule has 15 heavy (non-hydrogen) atoms. The van der Waals surface area contributed by atoms with E-state index in [0.717, 1.165) is 6.42 Å². The first-order valence-electron chi connectivity index (χ1n) is 5.74. The minimum absolute atomic E-state index is 0.598. The average Bonchev–Trinajstić information content (AvgIpc) is 2.27. The van der Waals surface area contributed by atoms with E-state index in [0.29, 0.717) is 5.92 Å². The summed E-state index contributed by atoms with van der Waals surface area (Å²) in [6.45, 7) is 6.73. The summed E-state index contributed by atoms with van der Waals surface area (Å²) < 4.78 is 0. The van der Waals surface area contributed by atoms with Crippen LogP contribution in [0.2, 0.25) is 0 Å². The molecule has 0 bridgehead atoms. The van der Waals surface area contributed by atoms with Gasteiger partial charge in [-0.15, -0.1) is 0 Å². The predicted octanol–water partition coefficient (Wildman–Crippen LogP) is 4.53. The summed E-state index contributed by atoms with van der Waals surface area (Å²) in [4.78, 5) is 0. The molecule has 0 aliphatic carbocycles. The quantitative estimate of drug-likeness (QED) is 0.665. The standard InChI is InChI=1S/C15H18/c1-4-12-9-10-13(11(2)3)15-8-6-5-7-14(12)15/h5-11H,4H2,1-3H3. The number of rotatable bonds is 2. The Bertz CT molecular complexity index is 466. The van der Waals surface area contributed by atoms with Gasteiger partial charge < -0.3 is 0 Å². The van der Waals surface area contributed by atoms with Crippen molar-refractivity contribution in [1.29, 1.82) is 0 Å². The number of hydrogen-bond donors (Lipinski definition) is 0. The van der Waals surface area contributed by atoms with Gasteiger partial charge in [0.2, 0.25) is 0 Å². The second-order valence-corrected chi connectivity index (χ2v) is 4.37. The van der Waals surface area contributed by atoms with Crippen molar-refractivity contribution in [2.24, 2.45) is 0 Å². The molecule has 0 spiro atoms. The molecule has 0 amide bonds. The van der Waals surface area contributed by atoms with Crippen molar-refractivity contribution in [3.63, 3.8) is 0 Å². The molecule has 78 valence electrons. The van der Waals surface area contributed by atoms with Crippen LogP contribution in [0.1, 0.15) is 37.8 Å². The van der Waals surface area contributed by atoms with Crippen molar-refractivity contribution in [3.8, 4) is 0 Å². The molecule has 0 aliphatic heterocycles. The van der Waals surface area contributed by atoms with Crippen LogP contribution in [0.25, 0.3) is 10.8 Å². The molecule has 0 radical (unpaired) electrons. The van der Waals surface area contributed by atoms with Crippen LogP contribution in [0, 0.1) is 0 Å². The van der Waals surface area contributed by atoms with Crippen LogP contribution in [0.15, 0.2) is 36.4 Å². The fourth-order valence-electron chi connectivity index (χ4n) is 2.20. The van der Waals surface area contributed by atoms with E-state index in [1.165, 1.54) is 21.9 Å². The van der Waals surface area contributed by atoms with Crippen LogP contribution < -0.4 is 0 Å². The maximum absolute atomic E-state index is 2.28. The van der Waals surface area contributed by atoms with E-state index < -0.39 is 0 Å². The number of hydrogen-bond acceptors (Lipinski definition) is 0. The van der Waals surface area contributed by atoms with Crippen LogP contribution in [0.3, 0.4) is 0 Å². The van der Waals surface area contributed by atoms with Crippen molar-refractivity contribution in [2.45, 2.75) is 33.1 Å². The van der Waals surface area contributed by atoms with E-state index in [4.69, 9.17) is 0 Å². The maximum atomic E-state index is 2.28. The van der Waals surface area contributed by atoms with E-state index in [1.807, 2.05) is 0 Å². The highest BCUT2D eigenvalue weighted by atomic mass is 14.1. The third kappa shape index (κ3) is 1.77. The molecule has 0 saturated heterocycles. The van der Waals surface area contributed by atoms with Gasteiger partial charge in [-0.2, -0.15) is 0 Å². The molecule has 0 fully saturated rings. The zero-order chi connectivity index (χ0) is 10.8. The van der Waals surface area contributed by atoms with Crippen molar-refractivity contribution < 1.29 is 0 Å². The second-order valence-electron chi connectivity index (χ2n) is 4.37. The maximum Gasteiger partial charge on any atom is -0.0147 e. The summed E-state index contributed by atoms with van der Waals surface area (Å²) >= 11 is 0. The molecule has 0 unspecified atom stereocenters. The van der Waals surface area contributed by atoms with E-state index in [1.54, 1.807) is 0 Å². The second kappa shape index (κ2) is 4.06. The molecule has 0 aliphatic rings. The lowest BCUT2D eigenvalue weighted by atomic mass is 9.92. The van der Waals surface area contributed by atoms with E-state index in [9.17, 15) is 0 Å². The molecular formula is C15H18. The molecule has 2 rings (SSSR count).